The summed E-state index contributed by atoms with van der Waals surface area (Å²) in [5.41, 5.74) is -0.0189. The van der Waals surface area contributed by atoms with E-state index in [9.17, 15) is 17.6 Å². The van der Waals surface area contributed by atoms with Gasteiger partial charge < -0.3 is 0 Å². The van der Waals surface area contributed by atoms with Gasteiger partial charge >= 0.3 is 0 Å². The van der Waals surface area contributed by atoms with Crippen molar-refractivity contribution in [1.29, 1.82) is 0 Å². The molecule has 4 aromatic carbocycles. The van der Waals surface area contributed by atoms with Gasteiger partial charge in [-0.1, -0.05) is 36.4 Å². The van der Waals surface area contributed by atoms with Crippen molar-refractivity contribution in [1.82, 2.24) is 0 Å². The van der Waals surface area contributed by atoms with Gasteiger partial charge in [0.2, 0.25) is 0 Å². The highest BCUT2D eigenvalue weighted by Crippen LogP contribution is 2.31. The Balaban J connectivity index is 1.97. The zero-order valence-electron chi connectivity index (χ0n) is 12.3. The second-order valence-electron chi connectivity index (χ2n) is 5.61. The van der Waals surface area contributed by atoms with Crippen molar-refractivity contribution in [2.24, 2.45) is 0 Å². The molecule has 0 unspecified atom stereocenters. The smallest absolute Gasteiger partial charge is 0.198 e. The second kappa shape index (κ2) is 5.34. The van der Waals surface area contributed by atoms with Crippen LogP contribution in [0.15, 0.2) is 60.7 Å². The minimum atomic E-state index is -1.80. The van der Waals surface area contributed by atoms with Crippen molar-refractivity contribution >= 4 is 21.5 Å². The molecule has 4 heteroatoms. The lowest BCUT2D eigenvalue weighted by Crippen LogP contribution is -1.98. The molecule has 4 aromatic rings. The largest absolute Gasteiger partial charge is 0.204 e. The highest BCUT2D eigenvalue weighted by molar-refractivity contribution is 5.99. The molecular weight excluding hydrogens is 316 g/mol. The minimum absolute atomic E-state index is 0.285. The zero-order chi connectivity index (χ0) is 16.8. The van der Waals surface area contributed by atoms with Gasteiger partial charge in [-0.3, -0.25) is 0 Å². The average molecular weight is 326 g/mol. The van der Waals surface area contributed by atoms with Crippen molar-refractivity contribution in [2.75, 3.05) is 0 Å². The summed E-state index contributed by atoms with van der Waals surface area (Å²) in [6.45, 7) is 0. The molecule has 118 valence electrons. The molecule has 0 aliphatic carbocycles. The van der Waals surface area contributed by atoms with Crippen LogP contribution in [0.1, 0.15) is 0 Å². The summed E-state index contributed by atoms with van der Waals surface area (Å²) in [6.07, 6.45) is 0. The first-order valence-electron chi connectivity index (χ1n) is 7.30. The number of rotatable bonds is 1. The molecule has 0 fully saturated rings. The summed E-state index contributed by atoms with van der Waals surface area (Å²) in [5.74, 6) is -6.41. The molecule has 0 heterocycles. The fraction of sp³-hybridized carbons (Fsp3) is 0. The van der Waals surface area contributed by atoms with Gasteiger partial charge in [0, 0.05) is 5.56 Å². The van der Waals surface area contributed by atoms with E-state index >= 15 is 0 Å². The molecule has 0 aliphatic heterocycles. The number of hydrogen-bond acceptors (Lipinski definition) is 0. The van der Waals surface area contributed by atoms with Crippen LogP contribution in [0, 0.1) is 23.3 Å². The molecule has 0 nitrogen and oxygen atoms in total. The van der Waals surface area contributed by atoms with Gasteiger partial charge in [0.05, 0.1) is 0 Å². The minimum Gasteiger partial charge on any atom is -0.204 e. The van der Waals surface area contributed by atoms with Crippen LogP contribution in [-0.4, -0.2) is 0 Å². The number of hydrogen-bond donors (Lipinski definition) is 0. The lowest BCUT2D eigenvalue weighted by atomic mass is 9.98. The summed E-state index contributed by atoms with van der Waals surface area (Å²) in [6, 6.07) is 17.3. The maximum Gasteiger partial charge on any atom is 0.198 e. The maximum absolute atomic E-state index is 14.0. The van der Waals surface area contributed by atoms with E-state index in [2.05, 4.69) is 0 Å². The van der Waals surface area contributed by atoms with Crippen LogP contribution in [0.2, 0.25) is 0 Å². The summed E-state index contributed by atoms with van der Waals surface area (Å²) in [5, 5.41) is 3.78. The van der Waals surface area contributed by atoms with Crippen LogP contribution in [-0.2, 0) is 0 Å². The van der Waals surface area contributed by atoms with E-state index in [1.165, 1.54) is 0 Å². The molecular formula is C20H10F4. The molecule has 0 aromatic heterocycles. The lowest BCUT2D eigenvalue weighted by Gasteiger charge is -2.08. The predicted molar refractivity (Wildman–Crippen MR) is 86.7 cm³/mol. The highest BCUT2D eigenvalue weighted by Gasteiger charge is 2.19. The molecule has 0 atom stereocenters. The van der Waals surface area contributed by atoms with Crippen LogP contribution in [0.5, 0.6) is 0 Å². The zero-order valence-corrected chi connectivity index (χ0v) is 12.3. The quantitative estimate of drug-likeness (QED) is 0.169. The maximum atomic E-state index is 14.0. The number of halogens is 4. The Labute approximate surface area is 135 Å². The predicted octanol–water partition coefficient (Wildman–Crippen LogP) is 6.22. The first-order chi connectivity index (χ1) is 11.5. The average Bonchev–Trinajstić information content (AvgIpc) is 2.60. The summed E-state index contributed by atoms with van der Waals surface area (Å²) < 4.78 is 54.0. The van der Waals surface area contributed by atoms with Crippen LogP contribution in [0.25, 0.3) is 32.7 Å². The SMILES string of the molecule is Fc1cc(-c2ccc3cc4ccccc4cc3c2)c(F)c(F)c1F. The van der Waals surface area contributed by atoms with Crippen LogP contribution >= 0.6 is 0 Å². The first-order valence-corrected chi connectivity index (χ1v) is 7.30. The van der Waals surface area contributed by atoms with E-state index in [0.29, 0.717) is 6.07 Å². The Morgan fingerprint density at radius 3 is 1.83 bits per heavy atom. The Bertz CT molecular complexity index is 1100. The molecule has 0 radical (unpaired) electrons. The monoisotopic (exact) mass is 326 g/mol. The van der Waals surface area contributed by atoms with Crippen LogP contribution < -0.4 is 0 Å². The topological polar surface area (TPSA) is 0 Å². The molecule has 0 amide bonds. The Morgan fingerprint density at radius 2 is 1.12 bits per heavy atom. The Kier molecular flexibility index (Phi) is 3.27. The molecule has 0 bridgehead atoms. The van der Waals surface area contributed by atoms with Gasteiger partial charge in [0.25, 0.3) is 0 Å². The van der Waals surface area contributed by atoms with Crippen molar-refractivity contribution in [3.63, 3.8) is 0 Å². The molecule has 0 saturated carbocycles. The molecule has 24 heavy (non-hydrogen) atoms. The van der Waals surface area contributed by atoms with Crippen molar-refractivity contribution in [3.8, 4) is 11.1 Å². The van der Waals surface area contributed by atoms with Crippen molar-refractivity contribution in [3.05, 3.63) is 83.9 Å². The van der Waals surface area contributed by atoms with E-state index in [1.807, 2.05) is 36.4 Å². The third-order valence-electron chi connectivity index (χ3n) is 4.12. The standard InChI is InChI=1S/C20H10F4/c21-17-10-16(18(22)20(24)19(17)23)14-6-5-13-7-11-3-1-2-4-12(11)8-15(13)9-14/h1-10H. The van der Waals surface area contributed by atoms with E-state index in [0.717, 1.165) is 21.5 Å². The first kappa shape index (κ1) is 14.7. The summed E-state index contributed by atoms with van der Waals surface area (Å²) in [4.78, 5) is 0. The highest BCUT2D eigenvalue weighted by atomic mass is 19.2. The van der Waals surface area contributed by atoms with Gasteiger partial charge in [0.15, 0.2) is 23.3 Å². The van der Waals surface area contributed by atoms with Gasteiger partial charge in [-0.15, -0.1) is 0 Å². The Morgan fingerprint density at radius 1 is 0.500 bits per heavy atom. The van der Waals surface area contributed by atoms with Crippen molar-refractivity contribution in [2.45, 2.75) is 0 Å². The number of benzene rings is 4. The second-order valence-corrected chi connectivity index (χ2v) is 5.61. The molecule has 0 aliphatic rings. The van der Waals surface area contributed by atoms with Gasteiger partial charge in [-0.05, 0) is 51.4 Å². The van der Waals surface area contributed by atoms with Gasteiger partial charge in [0.1, 0.15) is 0 Å². The third-order valence-corrected chi connectivity index (χ3v) is 4.12. The van der Waals surface area contributed by atoms with Crippen LogP contribution in [0.4, 0.5) is 17.6 Å². The molecule has 4 rings (SSSR count). The van der Waals surface area contributed by atoms with E-state index in [1.54, 1.807) is 18.2 Å². The Hall–Kier alpha value is -2.88. The fourth-order valence-corrected chi connectivity index (χ4v) is 2.89. The normalized spacial score (nSPS) is 11.3. The third kappa shape index (κ3) is 2.22. The van der Waals surface area contributed by atoms with Crippen molar-refractivity contribution < 1.29 is 17.6 Å². The molecule has 0 N–H and O–H groups in total. The van der Waals surface area contributed by atoms with Gasteiger partial charge in [-0.2, -0.15) is 0 Å². The summed E-state index contributed by atoms with van der Waals surface area (Å²) in [7, 11) is 0. The van der Waals surface area contributed by atoms with Gasteiger partial charge in [-0.25, -0.2) is 17.6 Å². The fourth-order valence-electron chi connectivity index (χ4n) is 2.89. The van der Waals surface area contributed by atoms with E-state index in [4.69, 9.17) is 0 Å². The van der Waals surface area contributed by atoms with E-state index < -0.39 is 23.3 Å². The summed E-state index contributed by atoms with van der Waals surface area (Å²) >= 11 is 0. The number of fused-ring (bicyclic) bond motifs is 2. The molecule has 0 spiro atoms. The lowest BCUT2D eigenvalue weighted by molar-refractivity contribution is 0.411. The molecule has 0 saturated heterocycles. The van der Waals surface area contributed by atoms with E-state index in [-0.39, 0.29) is 11.1 Å². The van der Waals surface area contributed by atoms with Crippen LogP contribution in [0.3, 0.4) is 0 Å².